The third kappa shape index (κ3) is 3.57. The number of nitrogens with zero attached hydrogens (tertiary/aromatic N) is 4. The Bertz CT molecular complexity index is 923. The lowest BCUT2D eigenvalue weighted by Crippen LogP contribution is -2.40. The van der Waals surface area contributed by atoms with Gasteiger partial charge in [0.1, 0.15) is 5.69 Å². The molecule has 0 bridgehead atoms. The topological polar surface area (TPSA) is 59.0 Å². The molecule has 0 spiro atoms. The molecule has 26 heavy (non-hydrogen) atoms. The molecule has 1 saturated heterocycles. The van der Waals surface area contributed by atoms with Crippen molar-refractivity contribution in [2.75, 3.05) is 13.1 Å². The van der Waals surface area contributed by atoms with Gasteiger partial charge in [-0.05, 0) is 49.8 Å². The molecule has 1 amide bonds. The Kier molecular flexibility index (Phi) is 4.61. The van der Waals surface area contributed by atoms with Gasteiger partial charge in [0.15, 0.2) is 0 Å². The average molecular weight is 346 g/mol. The Morgan fingerprint density at radius 1 is 1.15 bits per heavy atom. The fraction of sp³-hybridized carbons (Fsp3) is 0.333. The normalized spacial score (nSPS) is 17.4. The quantitative estimate of drug-likeness (QED) is 0.729. The van der Waals surface area contributed by atoms with Gasteiger partial charge in [0.2, 0.25) is 0 Å². The van der Waals surface area contributed by atoms with Crippen LogP contribution in [0, 0.1) is 12.8 Å². The van der Waals surface area contributed by atoms with Gasteiger partial charge < -0.3 is 4.90 Å². The highest BCUT2D eigenvalue weighted by atomic mass is 16.2. The lowest BCUT2D eigenvalue weighted by Gasteiger charge is -2.32. The Labute approximate surface area is 153 Å². The summed E-state index contributed by atoms with van der Waals surface area (Å²) in [5.41, 5.74) is 3.51. The third-order valence-electron chi connectivity index (χ3n) is 4.98. The zero-order valence-corrected chi connectivity index (χ0v) is 14.9. The number of likely N-dealkylation sites (tertiary alicyclic amines) is 1. The predicted molar refractivity (Wildman–Crippen MR) is 101 cm³/mol. The molecule has 1 fully saturated rings. The van der Waals surface area contributed by atoms with E-state index in [4.69, 9.17) is 0 Å². The van der Waals surface area contributed by atoms with E-state index >= 15 is 0 Å². The second-order valence-corrected chi connectivity index (χ2v) is 7.04. The summed E-state index contributed by atoms with van der Waals surface area (Å²) >= 11 is 0. The van der Waals surface area contributed by atoms with Crippen molar-refractivity contribution in [2.24, 2.45) is 5.92 Å². The fourth-order valence-electron chi connectivity index (χ4n) is 3.64. The molecule has 0 radical (unpaired) electrons. The van der Waals surface area contributed by atoms with Gasteiger partial charge in [0.05, 0.1) is 17.4 Å². The van der Waals surface area contributed by atoms with E-state index in [1.807, 2.05) is 36.2 Å². The van der Waals surface area contributed by atoms with Crippen LogP contribution in [0.5, 0.6) is 0 Å². The van der Waals surface area contributed by atoms with Gasteiger partial charge in [0, 0.05) is 30.9 Å². The van der Waals surface area contributed by atoms with Crippen LogP contribution in [-0.2, 0) is 6.42 Å². The number of hydrogen-bond donors (Lipinski definition) is 0. The standard InChI is InChI=1S/C21H22N4O/c1-15-11-23-20(13-22-15)21(26)25-8-4-5-16(14-25)9-17-10-18-6-2-3-7-19(18)24-12-17/h2-3,6-7,10-13,16H,4-5,8-9,14H2,1H3/t16-/m0/s1. The Morgan fingerprint density at radius 2 is 2.04 bits per heavy atom. The molecule has 0 N–H and O–H groups in total. The van der Waals surface area contributed by atoms with Crippen LogP contribution < -0.4 is 0 Å². The first-order valence-electron chi connectivity index (χ1n) is 9.10. The number of carbonyl (C=O) groups is 1. The number of amides is 1. The minimum atomic E-state index is -0.0150. The highest BCUT2D eigenvalue weighted by Crippen LogP contribution is 2.23. The second kappa shape index (κ2) is 7.20. The van der Waals surface area contributed by atoms with E-state index in [1.54, 1.807) is 12.4 Å². The number of benzene rings is 1. The summed E-state index contributed by atoms with van der Waals surface area (Å²) < 4.78 is 0. The molecule has 5 nitrogen and oxygen atoms in total. The van der Waals surface area contributed by atoms with E-state index in [0.29, 0.717) is 11.6 Å². The summed E-state index contributed by atoms with van der Waals surface area (Å²) in [6.45, 7) is 3.43. The van der Waals surface area contributed by atoms with Gasteiger partial charge in [0.25, 0.3) is 5.91 Å². The highest BCUT2D eigenvalue weighted by Gasteiger charge is 2.25. The Balaban J connectivity index is 1.45. The number of fused-ring (bicyclic) bond motifs is 1. The average Bonchev–Trinajstić information content (AvgIpc) is 2.68. The summed E-state index contributed by atoms with van der Waals surface area (Å²) in [6, 6.07) is 10.4. The molecule has 4 rings (SSSR count). The molecular weight excluding hydrogens is 324 g/mol. The van der Waals surface area contributed by atoms with Crippen molar-refractivity contribution in [1.29, 1.82) is 0 Å². The molecule has 0 saturated carbocycles. The van der Waals surface area contributed by atoms with Crippen LogP contribution >= 0.6 is 0 Å². The number of para-hydroxylation sites is 1. The Hall–Kier alpha value is -2.82. The molecule has 5 heteroatoms. The lowest BCUT2D eigenvalue weighted by molar-refractivity contribution is 0.0667. The van der Waals surface area contributed by atoms with Crippen LogP contribution in [-0.4, -0.2) is 38.8 Å². The summed E-state index contributed by atoms with van der Waals surface area (Å²) in [7, 11) is 0. The number of pyridine rings is 1. The molecule has 3 aromatic rings. The van der Waals surface area contributed by atoms with Crippen molar-refractivity contribution in [3.8, 4) is 0 Å². The van der Waals surface area contributed by atoms with Crippen molar-refractivity contribution in [1.82, 2.24) is 19.9 Å². The fourth-order valence-corrected chi connectivity index (χ4v) is 3.64. The van der Waals surface area contributed by atoms with Crippen molar-refractivity contribution < 1.29 is 4.79 Å². The van der Waals surface area contributed by atoms with Gasteiger partial charge in [-0.3, -0.25) is 14.8 Å². The molecule has 1 aromatic carbocycles. The molecular formula is C21H22N4O. The van der Waals surface area contributed by atoms with Gasteiger partial charge >= 0.3 is 0 Å². The number of rotatable bonds is 3. The van der Waals surface area contributed by atoms with E-state index in [2.05, 4.69) is 27.1 Å². The van der Waals surface area contributed by atoms with Crippen LogP contribution in [0.1, 0.15) is 34.6 Å². The minimum Gasteiger partial charge on any atom is -0.337 e. The maximum absolute atomic E-state index is 12.7. The molecule has 0 aliphatic carbocycles. The van der Waals surface area contributed by atoms with Crippen molar-refractivity contribution in [2.45, 2.75) is 26.2 Å². The van der Waals surface area contributed by atoms with Crippen molar-refractivity contribution in [3.05, 3.63) is 65.9 Å². The van der Waals surface area contributed by atoms with E-state index in [1.165, 1.54) is 10.9 Å². The zero-order chi connectivity index (χ0) is 17.9. The number of aryl methyl sites for hydroxylation is 1. The monoisotopic (exact) mass is 346 g/mol. The molecule has 2 aromatic heterocycles. The number of carbonyl (C=O) groups excluding carboxylic acids is 1. The molecule has 1 aliphatic rings. The van der Waals surface area contributed by atoms with Gasteiger partial charge in [-0.15, -0.1) is 0 Å². The largest absolute Gasteiger partial charge is 0.337 e. The van der Waals surface area contributed by atoms with E-state index in [9.17, 15) is 4.79 Å². The summed E-state index contributed by atoms with van der Waals surface area (Å²) in [5.74, 6) is 0.438. The van der Waals surface area contributed by atoms with Crippen LogP contribution in [0.2, 0.25) is 0 Å². The van der Waals surface area contributed by atoms with Gasteiger partial charge in [-0.25, -0.2) is 4.98 Å². The van der Waals surface area contributed by atoms with Gasteiger partial charge in [-0.2, -0.15) is 0 Å². The number of aromatic nitrogens is 3. The maximum Gasteiger partial charge on any atom is 0.274 e. The first kappa shape index (κ1) is 16.6. The third-order valence-corrected chi connectivity index (χ3v) is 4.98. The number of hydrogen-bond acceptors (Lipinski definition) is 4. The first-order valence-corrected chi connectivity index (χ1v) is 9.10. The second-order valence-electron chi connectivity index (χ2n) is 7.04. The van der Waals surface area contributed by atoms with Crippen LogP contribution in [0.15, 0.2) is 48.9 Å². The van der Waals surface area contributed by atoms with Crippen molar-refractivity contribution >= 4 is 16.8 Å². The molecule has 1 aliphatic heterocycles. The van der Waals surface area contributed by atoms with Gasteiger partial charge in [-0.1, -0.05) is 18.2 Å². The Morgan fingerprint density at radius 3 is 2.88 bits per heavy atom. The summed E-state index contributed by atoms with van der Waals surface area (Å²) in [6.07, 6.45) is 8.30. The predicted octanol–water partition coefficient (Wildman–Crippen LogP) is 3.43. The molecule has 132 valence electrons. The van der Waals surface area contributed by atoms with Crippen LogP contribution in [0.25, 0.3) is 10.9 Å². The first-order chi connectivity index (χ1) is 12.7. The zero-order valence-electron chi connectivity index (χ0n) is 14.9. The van der Waals surface area contributed by atoms with E-state index < -0.39 is 0 Å². The maximum atomic E-state index is 12.7. The number of piperidine rings is 1. The molecule has 3 heterocycles. The summed E-state index contributed by atoms with van der Waals surface area (Å²) in [4.78, 5) is 27.6. The smallest absolute Gasteiger partial charge is 0.274 e. The molecule has 0 unspecified atom stereocenters. The highest BCUT2D eigenvalue weighted by molar-refractivity contribution is 5.92. The van der Waals surface area contributed by atoms with E-state index in [-0.39, 0.29) is 5.91 Å². The molecule has 1 atom stereocenters. The van der Waals surface area contributed by atoms with Crippen molar-refractivity contribution in [3.63, 3.8) is 0 Å². The SMILES string of the molecule is Cc1cnc(C(=O)N2CCC[C@@H](Cc3cnc4ccccc4c3)C2)cn1. The van der Waals surface area contributed by atoms with Crippen LogP contribution in [0.3, 0.4) is 0 Å². The lowest BCUT2D eigenvalue weighted by atomic mass is 9.91. The van der Waals surface area contributed by atoms with E-state index in [0.717, 1.165) is 43.6 Å². The minimum absolute atomic E-state index is 0.0150. The summed E-state index contributed by atoms with van der Waals surface area (Å²) in [5, 5.41) is 1.17. The van der Waals surface area contributed by atoms with Crippen LogP contribution in [0.4, 0.5) is 0 Å².